The Morgan fingerprint density at radius 2 is 2.20 bits per heavy atom. The average Bonchev–Trinajstić information content (AvgIpc) is 2.49. The Hall–Kier alpha value is -2.01. The van der Waals surface area contributed by atoms with Crippen molar-refractivity contribution < 1.29 is 0 Å². The molecule has 1 atom stereocenters. The molecular formula is C15H19N5. The molecule has 0 saturated carbocycles. The van der Waals surface area contributed by atoms with Crippen LogP contribution in [-0.2, 0) is 0 Å². The highest BCUT2D eigenvalue weighted by Crippen LogP contribution is 2.25. The first-order valence-electron chi connectivity index (χ1n) is 7.00. The molecule has 1 fully saturated rings. The van der Waals surface area contributed by atoms with Crippen LogP contribution in [-0.4, -0.2) is 40.0 Å². The van der Waals surface area contributed by atoms with Crippen molar-refractivity contribution >= 4 is 11.6 Å². The third-order valence-corrected chi connectivity index (χ3v) is 3.62. The van der Waals surface area contributed by atoms with Crippen molar-refractivity contribution in [1.29, 1.82) is 0 Å². The highest BCUT2D eigenvalue weighted by Gasteiger charge is 2.20. The van der Waals surface area contributed by atoms with Gasteiger partial charge in [-0.25, -0.2) is 9.97 Å². The molecule has 0 radical (unpaired) electrons. The van der Waals surface area contributed by atoms with Gasteiger partial charge in [-0.3, -0.25) is 4.98 Å². The van der Waals surface area contributed by atoms with Gasteiger partial charge in [0, 0.05) is 24.9 Å². The van der Waals surface area contributed by atoms with Crippen LogP contribution in [0.1, 0.15) is 24.5 Å². The summed E-state index contributed by atoms with van der Waals surface area (Å²) in [6, 6.07) is 5.76. The lowest BCUT2D eigenvalue weighted by Crippen LogP contribution is -2.31. The largest absolute Gasteiger partial charge is 0.324 e. The Morgan fingerprint density at radius 3 is 3.00 bits per heavy atom. The molecule has 0 amide bonds. The fraction of sp³-hybridized carbons (Fsp3) is 0.400. The number of aromatic nitrogens is 3. The molecule has 2 aromatic rings. The molecule has 1 aliphatic rings. The lowest BCUT2D eigenvalue weighted by molar-refractivity contribution is 0.248. The van der Waals surface area contributed by atoms with Gasteiger partial charge in [0.1, 0.15) is 11.6 Å². The van der Waals surface area contributed by atoms with Crippen LogP contribution in [0.4, 0.5) is 11.6 Å². The van der Waals surface area contributed by atoms with Crippen LogP contribution in [0.3, 0.4) is 0 Å². The van der Waals surface area contributed by atoms with E-state index in [1.165, 1.54) is 19.4 Å². The minimum Gasteiger partial charge on any atom is -0.324 e. The van der Waals surface area contributed by atoms with E-state index >= 15 is 0 Å². The number of hydrogen-bond donors (Lipinski definition) is 1. The lowest BCUT2D eigenvalue weighted by Gasteiger charge is -2.29. The number of pyridine rings is 1. The van der Waals surface area contributed by atoms with Gasteiger partial charge in [0.05, 0.1) is 11.9 Å². The number of hydrogen-bond acceptors (Lipinski definition) is 5. The maximum absolute atomic E-state index is 4.69. The normalized spacial score (nSPS) is 19.8. The molecule has 3 heterocycles. The minimum atomic E-state index is 0.478. The van der Waals surface area contributed by atoms with Crippen molar-refractivity contribution in [2.24, 2.45) is 0 Å². The standard InChI is InChI=1S/C15H19N5/c1-20-8-4-5-12(11-20)13-9-16-10-15(18-13)19-14-6-2-3-7-17-14/h2-3,6-7,9-10,12H,4-5,8,11H2,1H3,(H,17,18,19)/t12-/m1/s1. The lowest BCUT2D eigenvalue weighted by atomic mass is 9.95. The summed E-state index contributed by atoms with van der Waals surface area (Å²) in [5.41, 5.74) is 1.07. The summed E-state index contributed by atoms with van der Waals surface area (Å²) >= 11 is 0. The highest BCUT2D eigenvalue weighted by molar-refractivity contribution is 5.50. The fourth-order valence-corrected chi connectivity index (χ4v) is 2.61. The molecule has 5 heteroatoms. The summed E-state index contributed by atoms with van der Waals surface area (Å²) in [5, 5.41) is 3.20. The SMILES string of the molecule is CN1CCC[C@@H](c2cncc(Nc3ccccn3)n2)C1. The summed E-state index contributed by atoms with van der Waals surface area (Å²) < 4.78 is 0. The van der Waals surface area contributed by atoms with Gasteiger partial charge in [-0.05, 0) is 38.6 Å². The van der Waals surface area contributed by atoms with Gasteiger partial charge in [-0.2, -0.15) is 0 Å². The van der Waals surface area contributed by atoms with E-state index in [2.05, 4.69) is 32.2 Å². The van der Waals surface area contributed by atoms with Gasteiger partial charge in [-0.15, -0.1) is 0 Å². The van der Waals surface area contributed by atoms with Crippen molar-refractivity contribution in [3.05, 3.63) is 42.5 Å². The van der Waals surface area contributed by atoms with E-state index < -0.39 is 0 Å². The molecule has 20 heavy (non-hydrogen) atoms. The van der Waals surface area contributed by atoms with E-state index in [-0.39, 0.29) is 0 Å². The van der Waals surface area contributed by atoms with E-state index in [0.717, 1.165) is 23.9 Å². The van der Waals surface area contributed by atoms with Crippen LogP contribution in [0, 0.1) is 0 Å². The molecule has 5 nitrogen and oxygen atoms in total. The van der Waals surface area contributed by atoms with Gasteiger partial charge in [0.2, 0.25) is 0 Å². The third-order valence-electron chi connectivity index (χ3n) is 3.62. The van der Waals surface area contributed by atoms with Gasteiger partial charge >= 0.3 is 0 Å². The molecule has 104 valence electrons. The molecule has 0 bridgehead atoms. The second kappa shape index (κ2) is 5.96. The molecule has 0 spiro atoms. The maximum atomic E-state index is 4.69. The van der Waals surface area contributed by atoms with Crippen LogP contribution in [0.15, 0.2) is 36.8 Å². The van der Waals surface area contributed by atoms with Gasteiger partial charge in [0.25, 0.3) is 0 Å². The van der Waals surface area contributed by atoms with E-state index in [1.54, 1.807) is 12.4 Å². The zero-order valence-corrected chi connectivity index (χ0v) is 11.7. The summed E-state index contributed by atoms with van der Waals surface area (Å²) in [6.07, 6.45) is 7.79. The topological polar surface area (TPSA) is 53.9 Å². The Labute approximate surface area is 119 Å². The smallest absolute Gasteiger partial charge is 0.150 e. The van der Waals surface area contributed by atoms with Crippen LogP contribution in [0.25, 0.3) is 0 Å². The number of nitrogens with zero attached hydrogens (tertiary/aromatic N) is 4. The summed E-state index contributed by atoms with van der Waals surface area (Å²) in [6.45, 7) is 2.23. The van der Waals surface area contributed by atoms with E-state index in [1.807, 2.05) is 24.4 Å². The van der Waals surface area contributed by atoms with Gasteiger partial charge in [0.15, 0.2) is 0 Å². The van der Waals surface area contributed by atoms with Crippen molar-refractivity contribution in [2.45, 2.75) is 18.8 Å². The predicted octanol–water partition coefficient (Wildman–Crippen LogP) is 2.42. The summed E-state index contributed by atoms with van der Waals surface area (Å²) in [5.74, 6) is 2.03. The van der Waals surface area contributed by atoms with Crippen LogP contribution in [0.2, 0.25) is 0 Å². The molecule has 2 aromatic heterocycles. The fourth-order valence-electron chi connectivity index (χ4n) is 2.61. The van der Waals surface area contributed by atoms with Gasteiger partial charge in [-0.1, -0.05) is 6.07 Å². The van der Waals surface area contributed by atoms with Crippen LogP contribution >= 0.6 is 0 Å². The molecular weight excluding hydrogens is 250 g/mol. The Morgan fingerprint density at radius 1 is 1.25 bits per heavy atom. The predicted molar refractivity (Wildman–Crippen MR) is 79.0 cm³/mol. The number of piperidine rings is 1. The van der Waals surface area contributed by atoms with E-state index in [9.17, 15) is 0 Å². The molecule has 3 rings (SSSR count). The monoisotopic (exact) mass is 269 g/mol. The first kappa shape index (κ1) is 13.0. The first-order chi connectivity index (χ1) is 9.81. The van der Waals surface area contributed by atoms with Gasteiger partial charge < -0.3 is 10.2 Å². The molecule has 0 aromatic carbocycles. The highest BCUT2D eigenvalue weighted by atomic mass is 15.1. The van der Waals surface area contributed by atoms with Crippen LogP contribution in [0.5, 0.6) is 0 Å². The van der Waals surface area contributed by atoms with Crippen LogP contribution < -0.4 is 5.32 Å². The molecule has 0 unspecified atom stereocenters. The average molecular weight is 269 g/mol. The van der Waals surface area contributed by atoms with Crippen molar-refractivity contribution in [1.82, 2.24) is 19.9 Å². The second-order valence-corrected chi connectivity index (χ2v) is 5.27. The molecule has 1 aliphatic heterocycles. The van der Waals surface area contributed by atoms with Crippen molar-refractivity contribution in [2.75, 3.05) is 25.5 Å². The zero-order chi connectivity index (χ0) is 13.8. The zero-order valence-electron chi connectivity index (χ0n) is 11.7. The summed E-state index contributed by atoms with van der Waals surface area (Å²) in [7, 11) is 2.16. The number of nitrogens with one attached hydrogen (secondary N) is 1. The van der Waals surface area contributed by atoms with Crippen molar-refractivity contribution in [3.8, 4) is 0 Å². The van der Waals surface area contributed by atoms with E-state index in [4.69, 9.17) is 0 Å². The second-order valence-electron chi connectivity index (χ2n) is 5.27. The number of anilines is 2. The Balaban J connectivity index is 1.75. The number of likely N-dealkylation sites (tertiary alicyclic amines) is 1. The first-order valence-corrected chi connectivity index (χ1v) is 7.00. The minimum absolute atomic E-state index is 0.478. The molecule has 1 N–H and O–H groups in total. The van der Waals surface area contributed by atoms with E-state index in [0.29, 0.717) is 5.92 Å². The molecule has 0 aliphatic carbocycles. The third kappa shape index (κ3) is 3.11. The quantitative estimate of drug-likeness (QED) is 0.927. The van der Waals surface area contributed by atoms with Crippen molar-refractivity contribution in [3.63, 3.8) is 0 Å². The summed E-state index contributed by atoms with van der Waals surface area (Å²) in [4.78, 5) is 15.6. The Bertz CT molecular complexity index is 557. The maximum Gasteiger partial charge on any atom is 0.150 e. The number of rotatable bonds is 3. The Kier molecular flexibility index (Phi) is 3.87. The molecule has 1 saturated heterocycles. The number of likely N-dealkylation sites (N-methyl/N-ethyl adjacent to an activating group) is 1.